The van der Waals surface area contributed by atoms with Crippen LogP contribution in [-0.2, 0) is 6.42 Å². The van der Waals surface area contributed by atoms with Crippen molar-refractivity contribution in [2.24, 2.45) is 4.99 Å². The van der Waals surface area contributed by atoms with Crippen LogP contribution in [0.15, 0.2) is 46.8 Å². The highest BCUT2D eigenvalue weighted by molar-refractivity contribution is 7.09. The molecule has 0 saturated heterocycles. The van der Waals surface area contributed by atoms with Gasteiger partial charge in [-0.2, -0.15) is 0 Å². The average Bonchev–Trinajstić information content (AvgIpc) is 3.17. The molecule has 0 radical (unpaired) electrons. The van der Waals surface area contributed by atoms with E-state index in [0.717, 1.165) is 34.8 Å². The molecule has 0 atom stereocenters. The number of thiazole rings is 1. The van der Waals surface area contributed by atoms with Gasteiger partial charge in [0, 0.05) is 31.0 Å². The number of aromatic nitrogens is 1. The summed E-state index contributed by atoms with van der Waals surface area (Å²) in [6, 6.07) is 11.9. The zero-order valence-corrected chi connectivity index (χ0v) is 18.5. The highest BCUT2D eigenvalue weighted by atomic mass is 32.1. The monoisotopic (exact) mass is 405 g/mol. The molecule has 0 N–H and O–H groups in total. The van der Waals surface area contributed by atoms with Crippen molar-refractivity contribution in [3.8, 4) is 0 Å². The van der Waals surface area contributed by atoms with E-state index < -0.39 is 0 Å². The number of carbonyl (C=O) groups is 1. The molecule has 4 nitrogen and oxygen atoms in total. The van der Waals surface area contributed by atoms with Crippen LogP contribution in [0.25, 0.3) is 0 Å². The Morgan fingerprint density at radius 1 is 1.14 bits per heavy atom. The molecular formula is C24H27N3OS. The topological polar surface area (TPSA) is 45.6 Å². The van der Waals surface area contributed by atoms with Crippen molar-refractivity contribution in [2.75, 3.05) is 13.6 Å². The summed E-state index contributed by atoms with van der Waals surface area (Å²) in [7, 11) is 2.01. The van der Waals surface area contributed by atoms with Gasteiger partial charge in [-0.15, -0.1) is 11.3 Å². The first-order valence-corrected chi connectivity index (χ1v) is 10.7. The quantitative estimate of drug-likeness (QED) is 0.296. The smallest absolute Gasteiger partial charge is 0.212 e. The van der Waals surface area contributed by atoms with E-state index in [1.807, 2.05) is 54.9 Å². The molecule has 150 valence electrons. The van der Waals surface area contributed by atoms with Gasteiger partial charge in [-0.25, -0.2) is 9.98 Å². The highest BCUT2D eigenvalue weighted by Gasteiger charge is 2.14. The van der Waals surface area contributed by atoms with Crippen LogP contribution in [0.5, 0.6) is 0 Å². The van der Waals surface area contributed by atoms with Crippen LogP contribution in [0, 0.1) is 20.8 Å². The summed E-state index contributed by atoms with van der Waals surface area (Å²) in [4.78, 5) is 23.9. The summed E-state index contributed by atoms with van der Waals surface area (Å²) in [5.41, 5.74) is 6.86. The fourth-order valence-corrected chi connectivity index (χ4v) is 3.74. The molecule has 3 aromatic rings. The third-order valence-electron chi connectivity index (χ3n) is 4.99. The van der Waals surface area contributed by atoms with E-state index in [0.29, 0.717) is 11.3 Å². The predicted molar refractivity (Wildman–Crippen MR) is 122 cm³/mol. The van der Waals surface area contributed by atoms with Gasteiger partial charge in [-0.1, -0.05) is 35.9 Å². The minimum Gasteiger partial charge on any atom is -0.366 e. The van der Waals surface area contributed by atoms with E-state index in [1.54, 1.807) is 0 Å². The number of carbonyl (C=O) groups excluding carboxylic acids is 1. The standard InChI is InChI=1S/C24H27N3OS/c1-6-27(5)15-25-21-12-17(3)20(11-18(21)4)13-23-26-22(14-29-23)24(28)19-9-7-16(2)8-10-19/h7-12,14-15H,6,13H2,1-5H3. The van der Waals surface area contributed by atoms with Gasteiger partial charge in [0.25, 0.3) is 0 Å². The number of nitrogens with zero attached hydrogens (tertiary/aromatic N) is 3. The Balaban J connectivity index is 1.77. The molecule has 2 aromatic carbocycles. The molecular weight excluding hydrogens is 378 g/mol. The Morgan fingerprint density at radius 2 is 1.86 bits per heavy atom. The van der Waals surface area contributed by atoms with Gasteiger partial charge >= 0.3 is 0 Å². The summed E-state index contributed by atoms with van der Waals surface area (Å²) in [6.07, 6.45) is 2.59. The van der Waals surface area contributed by atoms with Crippen molar-refractivity contribution in [3.63, 3.8) is 0 Å². The summed E-state index contributed by atoms with van der Waals surface area (Å²) in [6.45, 7) is 9.21. The number of benzene rings is 2. The van der Waals surface area contributed by atoms with Crippen LogP contribution in [0.2, 0.25) is 0 Å². The van der Waals surface area contributed by atoms with E-state index in [2.05, 4.69) is 42.9 Å². The lowest BCUT2D eigenvalue weighted by Gasteiger charge is -2.11. The number of aliphatic imine (C=N–C) groups is 1. The van der Waals surface area contributed by atoms with Crippen LogP contribution >= 0.6 is 11.3 Å². The van der Waals surface area contributed by atoms with Crippen LogP contribution in [0.1, 0.15) is 50.2 Å². The van der Waals surface area contributed by atoms with Gasteiger partial charge in [-0.3, -0.25) is 4.79 Å². The van der Waals surface area contributed by atoms with Gasteiger partial charge < -0.3 is 4.90 Å². The van der Waals surface area contributed by atoms with Crippen molar-refractivity contribution in [2.45, 2.75) is 34.1 Å². The number of hydrogen-bond donors (Lipinski definition) is 0. The van der Waals surface area contributed by atoms with Crippen LogP contribution in [0.3, 0.4) is 0 Å². The summed E-state index contributed by atoms with van der Waals surface area (Å²) < 4.78 is 0. The minimum atomic E-state index is -0.0230. The van der Waals surface area contributed by atoms with Crippen molar-refractivity contribution < 1.29 is 4.79 Å². The molecule has 0 spiro atoms. The van der Waals surface area contributed by atoms with Crippen LogP contribution < -0.4 is 0 Å². The maximum absolute atomic E-state index is 12.7. The van der Waals surface area contributed by atoms with Crippen molar-refractivity contribution in [1.82, 2.24) is 9.88 Å². The normalized spacial score (nSPS) is 11.2. The lowest BCUT2D eigenvalue weighted by molar-refractivity contribution is 0.103. The van der Waals surface area contributed by atoms with E-state index in [9.17, 15) is 4.79 Å². The van der Waals surface area contributed by atoms with E-state index in [4.69, 9.17) is 0 Å². The summed E-state index contributed by atoms with van der Waals surface area (Å²) >= 11 is 1.54. The maximum atomic E-state index is 12.7. The molecule has 0 aliphatic rings. The second-order valence-electron chi connectivity index (χ2n) is 7.38. The molecule has 0 fully saturated rings. The van der Waals surface area contributed by atoms with Crippen LogP contribution in [-0.4, -0.2) is 35.6 Å². The molecule has 0 amide bonds. The molecule has 0 aliphatic heterocycles. The summed E-state index contributed by atoms with van der Waals surface area (Å²) in [5.74, 6) is -0.0230. The Hall–Kier alpha value is -2.79. The summed E-state index contributed by atoms with van der Waals surface area (Å²) in [5, 5.41) is 2.81. The van der Waals surface area contributed by atoms with Crippen molar-refractivity contribution >= 4 is 29.1 Å². The first-order valence-electron chi connectivity index (χ1n) is 9.77. The van der Waals surface area contributed by atoms with Crippen LogP contribution in [0.4, 0.5) is 5.69 Å². The van der Waals surface area contributed by atoms with Crippen molar-refractivity contribution in [3.05, 3.63) is 80.3 Å². The maximum Gasteiger partial charge on any atom is 0.212 e. The molecule has 0 bridgehead atoms. The van der Waals surface area contributed by atoms with Crippen molar-refractivity contribution in [1.29, 1.82) is 0 Å². The highest BCUT2D eigenvalue weighted by Crippen LogP contribution is 2.26. The number of rotatable bonds is 7. The Kier molecular flexibility index (Phi) is 6.60. The lowest BCUT2D eigenvalue weighted by atomic mass is 10.0. The van der Waals surface area contributed by atoms with Gasteiger partial charge in [-0.05, 0) is 50.5 Å². The molecule has 3 rings (SSSR count). The van der Waals surface area contributed by atoms with Gasteiger partial charge in [0.1, 0.15) is 5.69 Å². The third kappa shape index (κ3) is 5.18. The Bertz CT molecular complexity index is 1030. The zero-order chi connectivity index (χ0) is 21.0. The van der Waals surface area contributed by atoms with Gasteiger partial charge in [0.2, 0.25) is 5.78 Å². The molecule has 29 heavy (non-hydrogen) atoms. The van der Waals surface area contributed by atoms with Gasteiger partial charge in [0.05, 0.1) is 17.0 Å². The number of hydrogen-bond acceptors (Lipinski definition) is 4. The number of ketones is 1. The SMILES string of the molecule is CCN(C)C=Nc1cc(C)c(Cc2nc(C(=O)c3ccc(C)cc3)cs2)cc1C. The first-order chi connectivity index (χ1) is 13.9. The molecule has 0 aliphatic carbocycles. The minimum absolute atomic E-state index is 0.0230. The molecule has 0 unspecified atom stereocenters. The van der Waals surface area contributed by atoms with E-state index in [1.165, 1.54) is 22.5 Å². The molecule has 1 aromatic heterocycles. The fraction of sp³-hybridized carbons (Fsp3) is 0.292. The fourth-order valence-electron chi connectivity index (χ4n) is 2.94. The zero-order valence-electron chi connectivity index (χ0n) is 17.7. The lowest BCUT2D eigenvalue weighted by Crippen LogP contribution is -2.14. The van der Waals surface area contributed by atoms with Gasteiger partial charge in [0.15, 0.2) is 0 Å². The number of aryl methyl sites for hydroxylation is 3. The third-order valence-corrected chi connectivity index (χ3v) is 5.84. The second-order valence-corrected chi connectivity index (χ2v) is 8.32. The Labute approximate surface area is 177 Å². The second kappa shape index (κ2) is 9.14. The van der Waals surface area contributed by atoms with E-state index >= 15 is 0 Å². The Morgan fingerprint density at radius 3 is 2.55 bits per heavy atom. The first kappa shape index (κ1) is 20.9. The predicted octanol–water partition coefficient (Wildman–Crippen LogP) is 5.50. The van der Waals surface area contributed by atoms with E-state index in [-0.39, 0.29) is 5.78 Å². The average molecular weight is 406 g/mol. The molecule has 5 heteroatoms. The molecule has 0 saturated carbocycles. The largest absolute Gasteiger partial charge is 0.366 e. The molecule has 1 heterocycles.